The molecule has 0 spiro atoms. The zero-order valence-electron chi connectivity index (χ0n) is 15.4. The summed E-state index contributed by atoms with van der Waals surface area (Å²) in [7, 11) is 1.63. The van der Waals surface area contributed by atoms with Crippen LogP contribution in [0.3, 0.4) is 0 Å². The van der Waals surface area contributed by atoms with Crippen molar-refractivity contribution in [3.63, 3.8) is 0 Å². The largest absolute Gasteiger partial charge is 0.497 e. The van der Waals surface area contributed by atoms with Crippen LogP contribution >= 0.6 is 0 Å². The molecule has 27 heavy (non-hydrogen) atoms. The van der Waals surface area contributed by atoms with Gasteiger partial charge < -0.3 is 19.4 Å². The molecule has 0 aliphatic carbocycles. The Morgan fingerprint density at radius 2 is 2.04 bits per heavy atom. The molecule has 3 heterocycles. The lowest BCUT2D eigenvalue weighted by atomic mass is 9.86. The molecule has 1 saturated heterocycles. The van der Waals surface area contributed by atoms with Gasteiger partial charge in [-0.3, -0.25) is 9.78 Å². The van der Waals surface area contributed by atoms with E-state index in [9.17, 15) is 4.79 Å². The predicted octanol–water partition coefficient (Wildman–Crippen LogP) is 3.58. The van der Waals surface area contributed by atoms with Crippen LogP contribution in [0, 0.1) is 0 Å². The Bertz CT molecular complexity index is 931. The van der Waals surface area contributed by atoms with Gasteiger partial charge in [0.05, 0.1) is 36.5 Å². The Balaban J connectivity index is 1.52. The highest BCUT2D eigenvalue weighted by molar-refractivity contribution is 5.93. The lowest BCUT2D eigenvalue weighted by Gasteiger charge is -2.38. The number of aromatic nitrogens is 2. The molecule has 0 saturated carbocycles. The van der Waals surface area contributed by atoms with Crippen molar-refractivity contribution >= 4 is 22.5 Å². The van der Waals surface area contributed by atoms with Crippen LogP contribution < -0.4 is 10.1 Å². The van der Waals surface area contributed by atoms with E-state index in [0.717, 1.165) is 29.5 Å². The Morgan fingerprint density at radius 3 is 2.78 bits per heavy atom. The normalized spacial score (nSPS) is 16.2. The first-order valence-corrected chi connectivity index (χ1v) is 9.13. The van der Waals surface area contributed by atoms with Crippen LogP contribution in [0.5, 0.6) is 5.75 Å². The summed E-state index contributed by atoms with van der Waals surface area (Å²) in [6.07, 6.45) is 7.81. The van der Waals surface area contributed by atoms with Crippen molar-refractivity contribution in [2.75, 3.05) is 25.6 Å². The standard InChI is InChI=1S/C21H23N3O3/c1-26-18-5-4-16-12-17(15-22-19(16)13-18)23-20(25)14-21(6-10-27-11-7-21)24-8-2-3-9-24/h2-5,8-9,12-13,15H,6-7,10-11,14H2,1H3,(H,23,25). The third kappa shape index (κ3) is 3.66. The van der Waals surface area contributed by atoms with Gasteiger partial charge in [-0.1, -0.05) is 0 Å². The second-order valence-electron chi connectivity index (χ2n) is 6.93. The summed E-state index contributed by atoms with van der Waals surface area (Å²) < 4.78 is 12.9. The van der Waals surface area contributed by atoms with Gasteiger partial charge in [0.25, 0.3) is 0 Å². The number of fused-ring (bicyclic) bond motifs is 1. The third-order valence-corrected chi connectivity index (χ3v) is 5.24. The summed E-state index contributed by atoms with van der Waals surface area (Å²) in [5.74, 6) is 0.750. The summed E-state index contributed by atoms with van der Waals surface area (Å²) in [6.45, 7) is 1.34. The summed E-state index contributed by atoms with van der Waals surface area (Å²) in [5, 5.41) is 3.97. The number of pyridine rings is 1. The number of anilines is 1. The molecule has 1 amide bonds. The van der Waals surface area contributed by atoms with Gasteiger partial charge in [-0.05, 0) is 43.2 Å². The summed E-state index contributed by atoms with van der Waals surface area (Å²) in [4.78, 5) is 17.2. The number of hydrogen-bond acceptors (Lipinski definition) is 4. The molecular weight excluding hydrogens is 342 g/mol. The number of hydrogen-bond donors (Lipinski definition) is 1. The van der Waals surface area contributed by atoms with E-state index in [1.54, 1.807) is 13.3 Å². The average molecular weight is 365 g/mol. The minimum Gasteiger partial charge on any atom is -0.497 e. The number of benzene rings is 1. The summed E-state index contributed by atoms with van der Waals surface area (Å²) in [5.41, 5.74) is 1.30. The summed E-state index contributed by atoms with van der Waals surface area (Å²) in [6, 6.07) is 11.6. The van der Waals surface area contributed by atoms with Crippen molar-refractivity contribution in [2.45, 2.75) is 24.8 Å². The molecule has 0 radical (unpaired) electrons. The fraction of sp³-hybridized carbons (Fsp3) is 0.333. The molecule has 1 aliphatic rings. The van der Waals surface area contributed by atoms with Crippen molar-refractivity contribution in [2.24, 2.45) is 0 Å². The monoisotopic (exact) mass is 365 g/mol. The van der Waals surface area contributed by atoms with Crippen LogP contribution in [0.4, 0.5) is 5.69 Å². The molecule has 1 N–H and O–H groups in total. The van der Waals surface area contributed by atoms with E-state index in [1.807, 2.05) is 48.8 Å². The first-order valence-electron chi connectivity index (χ1n) is 9.13. The number of carbonyl (C=O) groups is 1. The number of amides is 1. The number of nitrogens with one attached hydrogen (secondary N) is 1. The molecule has 0 unspecified atom stereocenters. The van der Waals surface area contributed by atoms with Gasteiger partial charge in [0.15, 0.2) is 0 Å². The molecule has 6 heteroatoms. The summed E-state index contributed by atoms with van der Waals surface area (Å²) >= 11 is 0. The minimum absolute atomic E-state index is 0.0136. The average Bonchev–Trinajstić information content (AvgIpc) is 3.24. The molecule has 4 rings (SSSR count). The van der Waals surface area contributed by atoms with Crippen molar-refractivity contribution in [1.82, 2.24) is 9.55 Å². The second-order valence-corrected chi connectivity index (χ2v) is 6.93. The van der Waals surface area contributed by atoms with E-state index in [1.165, 1.54) is 0 Å². The maximum Gasteiger partial charge on any atom is 0.226 e. The highest BCUT2D eigenvalue weighted by Crippen LogP contribution is 2.33. The van der Waals surface area contributed by atoms with Crippen molar-refractivity contribution in [3.8, 4) is 5.75 Å². The Labute approximate surface area is 158 Å². The van der Waals surface area contributed by atoms with Gasteiger partial charge in [-0.2, -0.15) is 0 Å². The van der Waals surface area contributed by atoms with Gasteiger partial charge in [0, 0.05) is 37.1 Å². The molecule has 2 aromatic heterocycles. The van der Waals surface area contributed by atoms with Gasteiger partial charge >= 0.3 is 0 Å². The number of nitrogens with zero attached hydrogens (tertiary/aromatic N) is 2. The van der Waals surface area contributed by atoms with Crippen LogP contribution in [-0.2, 0) is 15.1 Å². The van der Waals surface area contributed by atoms with E-state index in [4.69, 9.17) is 9.47 Å². The molecule has 1 aliphatic heterocycles. The third-order valence-electron chi connectivity index (χ3n) is 5.24. The molecular formula is C21H23N3O3. The van der Waals surface area contributed by atoms with Gasteiger partial charge in [0.1, 0.15) is 5.75 Å². The number of rotatable bonds is 5. The fourth-order valence-corrected chi connectivity index (χ4v) is 3.73. The Kier molecular flexibility index (Phi) is 4.81. The second kappa shape index (κ2) is 7.40. The van der Waals surface area contributed by atoms with Crippen LogP contribution in [0.25, 0.3) is 10.9 Å². The Hall–Kier alpha value is -2.86. The maximum atomic E-state index is 12.8. The highest BCUT2D eigenvalue weighted by Gasteiger charge is 2.36. The van der Waals surface area contributed by atoms with Gasteiger partial charge in [-0.25, -0.2) is 0 Å². The van der Waals surface area contributed by atoms with Crippen LogP contribution in [-0.4, -0.2) is 35.8 Å². The molecule has 140 valence electrons. The number of methoxy groups -OCH3 is 1. The first kappa shape index (κ1) is 17.5. The molecule has 1 aromatic carbocycles. The zero-order chi connectivity index (χ0) is 18.7. The maximum absolute atomic E-state index is 12.8. The predicted molar refractivity (Wildman–Crippen MR) is 104 cm³/mol. The SMILES string of the molecule is COc1ccc2cc(NC(=O)CC3(n4cccc4)CCOCC3)cnc2c1. The molecule has 6 nitrogen and oxygen atoms in total. The van der Waals surface area contributed by atoms with E-state index in [0.29, 0.717) is 25.3 Å². The fourth-order valence-electron chi connectivity index (χ4n) is 3.73. The van der Waals surface area contributed by atoms with Crippen molar-refractivity contribution in [3.05, 3.63) is 55.0 Å². The molecule has 0 atom stereocenters. The molecule has 0 bridgehead atoms. The smallest absolute Gasteiger partial charge is 0.226 e. The van der Waals surface area contributed by atoms with Gasteiger partial charge in [0.2, 0.25) is 5.91 Å². The molecule has 1 fully saturated rings. The van der Waals surface area contributed by atoms with Crippen LogP contribution in [0.15, 0.2) is 55.0 Å². The molecule has 3 aromatic rings. The van der Waals surface area contributed by atoms with Crippen molar-refractivity contribution < 1.29 is 14.3 Å². The van der Waals surface area contributed by atoms with Crippen molar-refractivity contribution in [1.29, 1.82) is 0 Å². The lowest BCUT2D eigenvalue weighted by Crippen LogP contribution is -2.42. The van der Waals surface area contributed by atoms with E-state index in [-0.39, 0.29) is 11.4 Å². The van der Waals surface area contributed by atoms with E-state index < -0.39 is 0 Å². The first-order chi connectivity index (χ1) is 13.2. The quantitative estimate of drug-likeness (QED) is 0.751. The minimum atomic E-state index is -0.233. The zero-order valence-corrected chi connectivity index (χ0v) is 15.4. The highest BCUT2D eigenvalue weighted by atomic mass is 16.5. The van der Waals surface area contributed by atoms with Crippen LogP contribution in [0.2, 0.25) is 0 Å². The number of carbonyl (C=O) groups excluding carboxylic acids is 1. The van der Waals surface area contributed by atoms with Crippen LogP contribution in [0.1, 0.15) is 19.3 Å². The lowest BCUT2D eigenvalue weighted by molar-refractivity contribution is -0.119. The number of ether oxygens (including phenoxy) is 2. The Morgan fingerprint density at radius 1 is 1.26 bits per heavy atom. The van der Waals surface area contributed by atoms with E-state index in [2.05, 4.69) is 14.9 Å². The van der Waals surface area contributed by atoms with E-state index >= 15 is 0 Å². The van der Waals surface area contributed by atoms with Gasteiger partial charge in [-0.15, -0.1) is 0 Å². The topological polar surface area (TPSA) is 65.4 Å².